The van der Waals surface area contributed by atoms with E-state index in [0.29, 0.717) is 5.56 Å². The molecular weight excluding hydrogens is 384 g/mol. The predicted octanol–water partition coefficient (Wildman–Crippen LogP) is 4.09. The molecular formula is C23H30N2O3S. The molecule has 6 heteroatoms. The Morgan fingerprint density at radius 3 is 2.28 bits per heavy atom. The van der Waals surface area contributed by atoms with Crippen LogP contribution in [0.3, 0.4) is 0 Å². The number of nitrogens with one attached hydrogen (secondary N) is 1. The second kappa shape index (κ2) is 8.67. The Hall–Kier alpha value is -2.18. The molecule has 3 rings (SSSR count). The van der Waals surface area contributed by atoms with Gasteiger partial charge in [0, 0.05) is 25.2 Å². The van der Waals surface area contributed by atoms with E-state index in [1.807, 2.05) is 23.1 Å². The fourth-order valence-electron chi connectivity index (χ4n) is 3.49. The number of benzene rings is 2. The summed E-state index contributed by atoms with van der Waals surface area (Å²) >= 11 is 0. The number of likely N-dealkylation sites (tertiary alicyclic amines) is 1. The summed E-state index contributed by atoms with van der Waals surface area (Å²) in [6.07, 6.45) is 3.25. The molecule has 1 heterocycles. The molecule has 1 aliphatic heterocycles. The van der Waals surface area contributed by atoms with Crippen LogP contribution in [-0.4, -0.2) is 32.3 Å². The lowest BCUT2D eigenvalue weighted by atomic mass is 9.87. The molecule has 2 aromatic rings. The minimum Gasteiger partial charge on any atom is -0.339 e. The van der Waals surface area contributed by atoms with E-state index in [0.717, 1.165) is 37.1 Å². The van der Waals surface area contributed by atoms with Gasteiger partial charge in [-0.3, -0.25) is 4.79 Å². The van der Waals surface area contributed by atoms with Crippen molar-refractivity contribution in [2.75, 3.05) is 13.1 Å². The van der Waals surface area contributed by atoms with E-state index >= 15 is 0 Å². The topological polar surface area (TPSA) is 66.5 Å². The minimum atomic E-state index is -3.62. The zero-order chi connectivity index (χ0) is 21.1. The summed E-state index contributed by atoms with van der Waals surface area (Å²) < 4.78 is 27.9. The number of hydrogen-bond acceptors (Lipinski definition) is 3. The van der Waals surface area contributed by atoms with Gasteiger partial charge in [0.15, 0.2) is 0 Å². The quantitative estimate of drug-likeness (QED) is 0.801. The van der Waals surface area contributed by atoms with Gasteiger partial charge < -0.3 is 4.90 Å². The predicted molar refractivity (Wildman–Crippen MR) is 115 cm³/mol. The standard InChI is InChI=1S/C23H30N2O3S/c1-23(2,3)20-10-12-21(13-11-20)29(27,28)24-17-18-8-7-9-19(16-18)22(26)25-14-5-4-6-15-25/h7-13,16,24H,4-6,14-15,17H2,1-3H3. The average Bonchev–Trinajstić information content (AvgIpc) is 2.72. The second-order valence-electron chi connectivity index (χ2n) is 8.65. The Labute approximate surface area is 174 Å². The van der Waals surface area contributed by atoms with Gasteiger partial charge >= 0.3 is 0 Å². The molecule has 1 N–H and O–H groups in total. The Kier molecular flexibility index (Phi) is 6.44. The van der Waals surface area contributed by atoms with Crippen molar-refractivity contribution in [3.05, 3.63) is 65.2 Å². The lowest BCUT2D eigenvalue weighted by Crippen LogP contribution is -2.35. The van der Waals surface area contributed by atoms with Crippen LogP contribution in [0.1, 0.15) is 61.5 Å². The van der Waals surface area contributed by atoms with Gasteiger partial charge in [-0.05, 0) is 60.1 Å². The summed E-state index contributed by atoms with van der Waals surface area (Å²) in [4.78, 5) is 14.8. The lowest BCUT2D eigenvalue weighted by molar-refractivity contribution is 0.0724. The van der Waals surface area contributed by atoms with Gasteiger partial charge in [-0.1, -0.05) is 45.0 Å². The van der Waals surface area contributed by atoms with E-state index in [-0.39, 0.29) is 22.8 Å². The second-order valence-corrected chi connectivity index (χ2v) is 10.4. The van der Waals surface area contributed by atoms with Crippen LogP contribution < -0.4 is 4.72 Å². The first kappa shape index (κ1) is 21.5. The molecule has 156 valence electrons. The van der Waals surface area contributed by atoms with Gasteiger partial charge in [0.1, 0.15) is 0 Å². The fourth-order valence-corrected chi connectivity index (χ4v) is 4.51. The summed E-state index contributed by atoms with van der Waals surface area (Å²) in [5, 5.41) is 0. The fraction of sp³-hybridized carbons (Fsp3) is 0.435. The van der Waals surface area contributed by atoms with Gasteiger partial charge in [0.2, 0.25) is 10.0 Å². The molecule has 2 aromatic carbocycles. The third-order valence-corrected chi connectivity index (χ3v) is 6.73. The highest BCUT2D eigenvalue weighted by Gasteiger charge is 2.20. The summed E-state index contributed by atoms with van der Waals surface area (Å²) in [5.74, 6) is 0.0205. The molecule has 0 unspecified atom stereocenters. The molecule has 1 aliphatic rings. The van der Waals surface area contributed by atoms with Crippen LogP contribution in [0.5, 0.6) is 0 Å². The molecule has 1 saturated heterocycles. The molecule has 0 radical (unpaired) electrons. The van der Waals surface area contributed by atoms with Crippen molar-refractivity contribution in [3.63, 3.8) is 0 Å². The average molecular weight is 415 g/mol. The Morgan fingerprint density at radius 2 is 1.66 bits per heavy atom. The molecule has 0 aliphatic carbocycles. The van der Waals surface area contributed by atoms with Gasteiger partial charge in [0.05, 0.1) is 4.90 Å². The summed E-state index contributed by atoms with van der Waals surface area (Å²) in [6, 6.07) is 14.2. The number of carbonyl (C=O) groups is 1. The number of piperidine rings is 1. The Balaban J connectivity index is 1.68. The van der Waals surface area contributed by atoms with Crippen molar-refractivity contribution >= 4 is 15.9 Å². The van der Waals surface area contributed by atoms with Gasteiger partial charge in [-0.2, -0.15) is 0 Å². The van der Waals surface area contributed by atoms with E-state index in [1.165, 1.54) is 6.42 Å². The van der Waals surface area contributed by atoms with Crippen molar-refractivity contribution in [2.24, 2.45) is 0 Å². The molecule has 5 nitrogen and oxygen atoms in total. The van der Waals surface area contributed by atoms with Crippen molar-refractivity contribution in [1.82, 2.24) is 9.62 Å². The Bertz CT molecular complexity index is 954. The summed E-state index contributed by atoms with van der Waals surface area (Å²) in [7, 11) is -3.62. The van der Waals surface area contributed by atoms with Crippen LogP contribution in [0.15, 0.2) is 53.4 Å². The molecule has 0 saturated carbocycles. The molecule has 1 amide bonds. The maximum Gasteiger partial charge on any atom is 0.253 e. The van der Waals surface area contributed by atoms with E-state index < -0.39 is 10.0 Å². The first-order valence-corrected chi connectivity index (χ1v) is 11.6. The van der Waals surface area contributed by atoms with E-state index in [2.05, 4.69) is 25.5 Å². The van der Waals surface area contributed by atoms with E-state index in [9.17, 15) is 13.2 Å². The number of amides is 1. The highest BCUT2D eigenvalue weighted by atomic mass is 32.2. The monoisotopic (exact) mass is 414 g/mol. The van der Waals surface area contributed by atoms with Crippen molar-refractivity contribution in [2.45, 2.75) is 56.9 Å². The largest absolute Gasteiger partial charge is 0.339 e. The molecule has 1 fully saturated rings. The molecule has 0 aromatic heterocycles. The maximum absolute atomic E-state index is 12.7. The van der Waals surface area contributed by atoms with Gasteiger partial charge in [-0.25, -0.2) is 13.1 Å². The van der Waals surface area contributed by atoms with Gasteiger partial charge in [-0.15, -0.1) is 0 Å². The number of rotatable bonds is 5. The number of sulfonamides is 1. The summed E-state index contributed by atoms with van der Waals surface area (Å²) in [6.45, 7) is 8.00. The zero-order valence-corrected chi connectivity index (χ0v) is 18.3. The normalized spacial score (nSPS) is 15.3. The smallest absolute Gasteiger partial charge is 0.253 e. The Morgan fingerprint density at radius 1 is 1.00 bits per heavy atom. The lowest BCUT2D eigenvalue weighted by Gasteiger charge is -2.26. The van der Waals surface area contributed by atoms with Crippen LogP contribution in [0.25, 0.3) is 0 Å². The van der Waals surface area contributed by atoms with Gasteiger partial charge in [0.25, 0.3) is 5.91 Å². The van der Waals surface area contributed by atoms with Crippen LogP contribution in [0.2, 0.25) is 0 Å². The highest BCUT2D eigenvalue weighted by molar-refractivity contribution is 7.89. The molecule has 0 bridgehead atoms. The number of nitrogens with zero attached hydrogens (tertiary/aromatic N) is 1. The van der Waals surface area contributed by atoms with E-state index in [4.69, 9.17) is 0 Å². The SMILES string of the molecule is CC(C)(C)c1ccc(S(=O)(=O)NCc2cccc(C(=O)N3CCCCC3)c2)cc1. The molecule has 0 atom stereocenters. The van der Waals surface area contributed by atoms with Crippen molar-refractivity contribution < 1.29 is 13.2 Å². The van der Waals surface area contributed by atoms with Crippen molar-refractivity contribution in [1.29, 1.82) is 0 Å². The van der Waals surface area contributed by atoms with Crippen LogP contribution in [-0.2, 0) is 22.0 Å². The first-order chi connectivity index (χ1) is 13.7. The van der Waals surface area contributed by atoms with Crippen molar-refractivity contribution in [3.8, 4) is 0 Å². The zero-order valence-electron chi connectivity index (χ0n) is 17.4. The minimum absolute atomic E-state index is 0.0205. The third kappa shape index (κ3) is 5.46. The molecule has 29 heavy (non-hydrogen) atoms. The first-order valence-electron chi connectivity index (χ1n) is 10.2. The van der Waals surface area contributed by atoms with Crippen LogP contribution in [0, 0.1) is 0 Å². The highest BCUT2D eigenvalue weighted by Crippen LogP contribution is 2.23. The van der Waals surface area contributed by atoms with E-state index in [1.54, 1.807) is 30.3 Å². The number of carbonyl (C=O) groups excluding carboxylic acids is 1. The third-order valence-electron chi connectivity index (χ3n) is 5.31. The maximum atomic E-state index is 12.7. The summed E-state index contributed by atoms with van der Waals surface area (Å²) in [5.41, 5.74) is 2.43. The van der Waals surface area contributed by atoms with Crippen LogP contribution >= 0.6 is 0 Å². The number of hydrogen-bond donors (Lipinski definition) is 1. The van der Waals surface area contributed by atoms with Crippen LogP contribution in [0.4, 0.5) is 0 Å². The molecule has 0 spiro atoms.